The Bertz CT molecular complexity index is 636. The van der Waals surface area contributed by atoms with Gasteiger partial charge >= 0.3 is 0 Å². The van der Waals surface area contributed by atoms with E-state index in [2.05, 4.69) is 21.8 Å². The van der Waals surface area contributed by atoms with Crippen LogP contribution in [0.25, 0.3) is 0 Å². The molecule has 1 aromatic heterocycles. The molecule has 0 radical (unpaired) electrons. The molecule has 1 amide bonds. The van der Waals surface area contributed by atoms with Crippen molar-refractivity contribution in [1.82, 2.24) is 24.8 Å². The van der Waals surface area contributed by atoms with E-state index in [0.717, 1.165) is 32.5 Å². The van der Waals surface area contributed by atoms with Crippen molar-refractivity contribution in [3.8, 4) is 0 Å². The lowest BCUT2D eigenvalue weighted by atomic mass is 9.75. The molecule has 1 N–H and O–H groups in total. The third-order valence-electron chi connectivity index (χ3n) is 5.54. The van der Waals surface area contributed by atoms with Gasteiger partial charge in [0, 0.05) is 26.2 Å². The maximum Gasteiger partial charge on any atom is 0.227 e. The molecule has 4 heterocycles. The first kappa shape index (κ1) is 18.1. The zero-order valence-electron chi connectivity index (χ0n) is 15.4. The number of carbonyl (C=O) groups excluding carboxylic acids is 1. The predicted molar refractivity (Wildman–Crippen MR) is 94.7 cm³/mol. The van der Waals surface area contributed by atoms with Gasteiger partial charge in [-0.1, -0.05) is 11.3 Å². The molecule has 7 nitrogen and oxygen atoms in total. The standard InChI is InChI=1S/C18H29N5O2/c1-5-7-21(4)17(24)15-11-22-8-6-13(15)9-14(22)10-23-12-16(19-20-23)18(2,3)25/h5,12-15,25H,1,6-11H2,2-4H3/t13-,14-,15+/m1/s1. The van der Waals surface area contributed by atoms with Crippen molar-refractivity contribution in [2.45, 2.75) is 44.9 Å². The molecular weight excluding hydrogens is 318 g/mol. The molecule has 3 aliphatic rings. The molecule has 25 heavy (non-hydrogen) atoms. The zero-order valence-corrected chi connectivity index (χ0v) is 15.4. The molecule has 1 unspecified atom stereocenters. The van der Waals surface area contributed by atoms with Crippen molar-refractivity contribution in [3.05, 3.63) is 24.5 Å². The third-order valence-corrected chi connectivity index (χ3v) is 5.54. The Morgan fingerprint density at radius 1 is 1.56 bits per heavy atom. The van der Waals surface area contributed by atoms with Crippen LogP contribution in [0.3, 0.4) is 0 Å². The van der Waals surface area contributed by atoms with Gasteiger partial charge in [0.2, 0.25) is 5.91 Å². The van der Waals surface area contributed by atoms with Crippen molar-refractivity contribution >= 4 is 5.91 Å². The van der Waals surface area contributed by atoms with Crippen LogP contribution in [-0.4, -0.2) is 68.5 Å². The molecule has 3 saturated heterocycles. The van der Waals surface area contributed by atoms with Gasteiger partial charge in [-0.15, -0.1) is 11.7 Å². The largest absolute Gasteiger partial charge is 0.384 e. The Balaban J connectivity index is 1.63. The highest BCUT2D eigenvalue weighted by Gasteiger charge is 2.44. The number of aromatic nitrogens is 3. The van der Waals surface area contributed by atoms with E-state index in [-0.39, 0.29) is 11.8 Å². The van der Waals surface area contributed by atoms with Gasteiger partial charge in [-0.25, -0.2) is 0 Å². The maximum atomic E-state index is 12.7. The van der Waals surface area contributed by atoms with Gasteiger partial charge in [-0.3, -0.25) is 14.4 Å². The minimum Gasteiger partial charge on any atom is -0.384 e. The summed E-state index contributed by atoms with van der Waals surface area (Å²) in [7, 11) is 1.85. The summed E-state index contributed by atoms with van der Waals surface area (Å²) in [5.74, 6) is 0.766. The van der Waals surface area contributed by atoms with E-state index in [0.29, 0.717) is 24.2 Å². The summed E-state index contributed by atoms with van der Waals surface area (Å²) in [5, 5.41) is 18.3. The average molecular weight is 347 g/mol. The smallest absolute Gasteiger partial charge is 0.227 e. The van der Waals surface area contributed by atoms with Crippen molar-refractivity contribution in [2.75, 3.05) is 26.7 Å². The summed E-state index contributed by atoms with van der Waals surface area (Å²) in [4.78, 5) is 16.8. The first-order chi connectivity index (χ1) is 11.8. The van der Waals surface area contributed by atoms with E-state index in [9.17, 15) is 9.90 Å². The third kappa shape index (κ3) is 3.77. The van der Waals surface area contributed by atoms with Crippen LogP contribution in [0.1, 0.15) is 32.4 Å². The Morgan fingerprint density at radius 3 is 2.88 bits per heavy atom. The van der Waals surface area contributed by atoms with Crippen LogP contribution in [0.5, 0.6) is 0 Å². The molecule has 4 rings (SSSR count). The molecule has 7 heteroatoms. The first-order valence-corrected chi connectivity index (χ1v) is 9.02. The van der Waals surface area contributed by atoms with Crippen LogP contribution in [-0.2, 0) is 16.9 Å². The zero-order chi connectivity index (χ0) is 18.2. The lowest BCUT2D eigenvalue weighted by Crippen LogP contribution is -2.58. The molecule has 1 aromatic rings. The molecular formula is C18H29N5O2. The van der Waals surface area contributed by atoms with Crippen molar-refractivity contribution in [1.29, 1.82) is 0 Å². The average Bonchev–Trinajstić information content (AvgIpc) is 3.04. The Kier molecular flexibility index (Phi) is 4.97. The lowest BCUT2D eigenvalue weighted by molar-refractivity contribution is -0.142. The minimum atomic E-state index is -0.975. The van der Waals surface area contributed by atoms with E-state index in [1.54, 1.807) is 24.8 Å². The topological polar surface area (TPSA) is 74.5 Å². The molecule has 0 aliphatic carbocycles. The van der Waals surface area contributed by atoms with Crippen molar-refractivity contribution in [3.63, 3.8) is 0 Å². The van der Waals surface area contributed by atoms with Gasteiger partial charge < -0.3 is 10.0 Å². The number of hydrogen-bond donors (Lipinski definition) is 1. The van der Waals surface area contributed by atoms with E-state index in [4.69, 9.17) is 0 Å². The Hall–Kier alpha value is -1.73. The van der Waals surface area contributed by atoms with E-state index in [1.807, 2.05) is 17.9 Å². The fourth-order valence-electron chi connectivity index (χ4n) is 4.06. The summed E-state index contributed by atoms with van der Waals surface area (Å²) >= 11 is 0. The molecule has 3 aliphatic heterocycles. The lowest BCUT2D eigenvalue weighted by Gasteiger charge is -2.49. The highest BCUT2D eigenvalue weighted by Crippen LogP contribution is 2.37. The highest BCUT2D eigenvalue weighted by atomic mass is 16.3. The Labute approximate surface area is 149 Å². The normalized spacial score (nSPS) is 28.8. The second-order valence-electron chi connectivity index (χ2n) is 7.93. The molecule has 0 saturated carbocycles. The van der Waals surface area contributed by atoms with Gasteiger partial charge in [0.25, 0.3) is 0 Å². The first-order valence-electron chi connectivity index (χ1n) is 9.02. The van der Waals surface area contributed by atoms with Crippen molar-refractivity contribution < 1.29 is 9.90 Å². The molecule has 0 spiro atoms. The second kappa shape index (κ2) is 6.88. The molecule has 3 fully saturated rings. The van der Waals surface area contributed by atoms with E-state index in [1.165, 1.54) is 0 Å². The number of likely N-dealkylation sites (N-methyl/N-ethyl adjacent to an activating group) is 1. The quantitative estimate of drug-likeness (QED) is 0.773. The van der Waals surface area contributed by atoms with Crippen LogP contribution in [0.2, 0.25) is 0 Å². The molecule has 2 bridgehead atoms. The van der Waals surface area contributed by atoms with Crippen LogP contribution >= 0.6 is 0 Å². The molecule has 4 atom stereocenters. The molecule has 138 valence electrons. The van der Waals surface area contributed by atoms with Gasteiger partial charge in [0.1, 0.15) is 11.3 Å². The van der Waals surface area contributed by atoms with Crippen LogP contribution in [0.4, 0.5) is 0 Å². The SMILES string of the molecule is C=CCN(C)C(=O)[C@H]1CN2CC[C@@H]1C[C@@H]2Cn1cc(C(C)(C)O)nn1. The number of aliphatic hydroxyl groups is 1. The number of amides is 1. The van der Waals surface area contributed by atoms with Crippen LogP contribution in [0.15, 0.2) is 18.9 Å². The number of hydrogen-bond acceptors (Lipinski definition) is 5. The summed E-state index contributed by atoms with van der Waals surface area (Å²) in [6, 6.07) is 0.379. The van der Waals surface area contributed by atoms with E-state index < -0.39 is 5.60 Å². The monoisotopic (exact) mass is 347 g/mol. The number of piperidine rings is 3. The van der Waals surface area contributed by atoms with Gasteiger partial charge in [0.05, 0.1) is 18.7 Å². The van der Waals surface area contributed by atoms with Crippen LogP contribution < -0.4 is 0 Å². The van der Waals surface area contributed by atoms with Gasteiger partial charge in [-0.2, -0.15) is 0 Å². The van der Waals surface area contributed by atoms with Gasteiger partial charge in [-0.05, 0) is 39.2 Å². The fourth-order valence-corrected chi connectivity index (χ4v) is 4.06. The summed E-state index contributed by atoms with van der Waals surface area (Å²) in [5.41, 5.74) is -0.389. The summed E-state index contributed by atoms with van der Waals surface area (Å²) < 4.78 is 1.82. The maximum absolute atomic E-state index is 12.7. The van der Waals surface area contributed by atoms with Gasteiger partial charge in [0.15, 0.2) is 0 Å². The number of nitrogens with zero attached hydrogens (tertiary/aromatic N) is 5. The minimum absolute atomic E-state index is 0.0950. The predicted octanol–water partition coefficient (Wildman–Crippen LogP) is 0.860. The molecule has 0 aromatic carbocycles. The number of carbonyl (C=O) groups is 1. The van der Waals surface area contributed by atoms with E-state index >= 15 is 0 Å². The van der Waals surface area contributed by atoms with Crippen molar-refractivity contribution in [2.24, 2.45) is 11.8 Å². The number of rotatable bonds is 6. The second-order valence-corrected chi connectivity index (χ2v) is 7.93. The fraction of sp³-hybridized carbons (Fsp3) is 0.722. The highest BCUT2D eigenvalue weighted by molar-refractivity contribution is 5.79. The number of fused-ring (bicyclic) bond motifs is 3. The van der Waals surface area contributed by atoms with Crippen LogP contribution in [0, 0.1) is 11.8 Å². The Morgan fingerprint density at radius 2 is 2.32 bits per heavy atom. The summed E-state index contributed by atoms with van der Waals surface area (Å²) in [6.07, 6.45) is 5.69. The summed E-state index contributed by atoms with van der Waals surface area (Å²) in [6.45, 7) is 10.4.